The number of nitrogens with two attached hydrogens (primary N) is 1. The highest BCUT2D eigenvalue weighted by Gasteiger charge is 2.84. The first-order valence-corrected chi connectivity index (χ1v) is 5.71. The lowest BCUT2D eigenvalue weighted by atomic mass is 9.76. The summed E-state index contributed by atoms with van der Waals surface area (Å²) in [5.41, 5.74) is 3.74. The van der Waals surface area contributed by atoms with Crippen LogP contribution in [-0.4, -0.2) is 29.7 Å². The second-order valence-electron chi connectivity index (χ2n) is 6.03. The van der Waals surface area contributed by atoms with Gasteiger partial charge >= 0.3 is 6.09 Å². The Balaban J connectivity index is 1.92. The molecule has 1 amide bonds. The fourth-order valence-electron chi connectivity index (χ4n) is 2.55. The predicted molar refractivity (Wildman–Crippen MR) is 57.7 cm³/mol. The van der Waals surface area contributed by atoms with Gasteiger partial charge in [-0.15, -0.1) is 0 Å². The normalized spacial score (nSPS) is 38.5. The molecule has 3 N–H and O–H groups in total. The molecule has 0 aliphatic heterocycles. The van der Waals surface area contributed by atoms with E-state index in [1.807, 2.05) is 0 Å². The van der Waals surface area contributed by atoms with Gasteiger partial charge < -0.3 is 15.8 Å². The Morgan fingerprint density at radius 1 is 1.41 bits per heavy atom. The fraction of sp³-hybridized carbons (Fsp3) is 0.909. The van der Waals surface area contributed by atoms with Crippen LogP contribution in [0.1, 0.15) is 33.6 Å². The largest absolute Gasteiger partial charge is 0.444 e. The van der Waals surface area contributed by atoms with E-state index in [0.29, 0.717) is 0 Å². The minimum atomic E-state index is -2.85. The summed E-state index contributed by atoms with van der Waals surface area (Å²) in [7, 11) is 0. The Hall–Kier alpha value is -0.910. The monoisotopic (exact) mass is 248 g/mol. The minimum Gasteiger partial charge on any atom is -0.444 e. The van der Waals surface area contributed by atoms with Crippen molar-refractivity contribution in [2.45, 2.75) is 57.2 Å². The van der Waals surface area contributed by atoms with Gasteiger partial charge in [-0.25, -0.2) is 13.6 Å². The quantitative estimate of drug-likeness (QED) is 0.741. The Labute approximate surface area is 98.9 Å². The van der Waals surface area contributed by atoms with Crippen LogP contribution < -0.4 is 11.1 Å². The summed E-state index contributed by atoms with van der Waals surface area (Å²) in [6.45, 7) is 5.06. The molecule has 2 fully saturated rings. The molecular weight excluding hydrogens is 230 g/mol. The molecule has 17 heavy (non-hydrogen) atoms. The summed E-state index contributed by atoms with van der Waals surface area (Å²) in [5, 5.41) is 2.25. The third-order valence-corrected chi connectivity index (χ3v) is 3.41. The van der Waals surface area contributed by atoms with Crippen LogP contribution in [-0.2, 0) is 4.74 Å². The van der Waals surface area contributed by atoms with Crippen LogP contribution >= 0.6 is 0 Å². The molecule has 2 aliphatic carbocycles. The number of carbonyl (C=O) groups is 1. The smallest absolute Gasteiger partial charge is 0.408 e. The second-order valence-corrected chi connectivity index (χ2v) is 6.03. The molecule has 2 aliphatic rings. The highest BCUT2D eigenvalue weighted by Crippen LogP contribution is 2.70. The van der Waals surface area contributed by atoms with Crippen LogP contribution in [0.3, 0.4) is 0 Å². The number of hydrogen-bond acceptors (Lipinski definition) is 3. The van der Waals surface area contributed by atoms with Crippen molar-refractivity contribution in [2.24, 2.45) is 11.1 Å². The van der Waals surface area contributed by atoms with E-state index in [-0.39, 0.29) is 18.9 Å². The van der Waals surface area contributed by atoms with Crippen LogP contribution in [0.15, 0.2) is 0 Å². The molecule has 2 saturated carbocycles. The molecular formula is C11H18F2N2O2. The molecule has 0 heterocycles. The van der Waals surface area contributed by atoms with Crippen molar-refractivity contribution in [3.63, 3.8) is 0 Å². The topological polar surface area (TPSA) is 64.3 Å². The predicted octanol–water partition coefficient (Wildman–Crippen LogP) is 1.64. The van der Waals surface area contributed by atoms with Crippen LogP contribution in [0.2, 0.25) is 0 Å². The number of hydrogen-bond donors (Lipinski definition) is 2. The Morgan fingerprint density at radius 2 is 1.94 bits per heavy atom. The molecule has 1 unspecified atom stereocenters. The van der Waals surface area contributed by atoms with Gasteiger partial charge in [-0.1, -0.05) is 0 Å². The molecule has 0 saturated heterocycles. The van der Waals surface area contributed by atoms with E-state index < -0.39 is 29.1 Å². The summed E-state index contributed by atoms with van der Waals surface area (Å²) < 4.78 is 32.0. The average molecular weight is 248 g/mol. The first kappa shape index (κ1) is 12.5. The highest BCUT2D eigenvalue weighted by molar-refractivity contribution is 5.69. The van der Waals surface area contributed by atoms with Crippen LogP contribution in [0, 0.1) is 5.41 Å². The molecule has 0 aromatic carbocycles. The first-order valence-electron chi connectivity index (χ1n) is 5.71. The molecule has 6 heteroatoms. The SMILES string of the molecule is CC(C)(C)OC(=O)NC1C(F)(F)C12CC(N)C2. The number of halogens is 2. The van der Waals surface area contributed by atoms with Crippen molar-refractivity contribution in [2.75, 3.05) is 0 Å². The van der Waals surface area contributed by atoms with Gasteiger partial charge in [0.1, 0.15) is 11.6 Å². The zero-order valence-electron chi connectivity index (χ0n) is 10.2. The lowest BCUT2D eigenvalue weighted by Crippen LogP contribution is -2.44. The molecule has 0 aromatic heterocycles. The number of alkyl halides is 2. The number of carbonyl (C=O) groups excluding carboxylic acids is 1. The molecule has 1 spiro atoms. The van der Waals surface area contributed by atoms with Crippen molar-refractivity contribution < 1.29 is 18.3 Å². The Bertz CT molecular complexity index is 346. The third kappa shape index (κ3) is 1.88. The van der Waals surface area contributed by atoms with Crippen molar-refractivity contribution in [3.8, 4) is 0 Å². The van der Waals surface area contributed by atoms with Crippen LogP contribution in [0.5, 0.6) is 0 Å². The van der Waals surface area contributed by atoms with Gasteiger partial charge in [-0.3, -0.25) is 0 Å². The summed E-state index contributed by atoms with van der Waals surface area (Å²) in [6, 6.07) is -1.30. The van der Waals surface area contributed by atoms with Crippen LogP contribution in [0.4, 0.5) is 13.6 Å². The highest BCUT2D eigenvalue weighted by atomic mass is 19.3. The summed E-state index contributed by atoms with van der Waals surface area (Å²) >= 11 is 0. The van der Waals surface area contributed by atoms with E-state index >= 15 is 0 Å². The van der Waals surface area contributed by atoms with Gasteiger partial charge in [0.15, 0.2) is 0 Å². The van der Waals surface area contributed by atoms with E-state index in [0.717, 1.165) is 0 Å². The zero-order chi connectivity index (χ0) is 13.1. The summed E-state index contributed by atoms with van der Waals surface area (Å²) in [5.74, 6) is -2.85. The van der Waals surface area contributed by atoms with Gasteiger partial charge in [0, 0.05) is 6.04 Å². The van der Waals surface area contributed by atoms with E-state index in [9.17, 15) is 13.6 Å². The average Bonchev–Trinajstić information content (AvgIpc) is 2.47. The van der Waals surface area contributed by atoms with Crippen molar-refractivity contribution in [1.82, 2.24) is 5.32 Å². The second kappa shape index (κ2) is 3.31. The Morgan fingerprint density at radius 3 is 2.35 bits per heavy atom. The van der Waals surface area contributed by atoms with Gasteiger partial charge in [-0.05, 0) is 33.6 Å². The van der Waals surface area contributed by atoms with Crippen molar-refractivity contribution in [3.05, 3.63) is 0 Å². The minimum absolute atomic E-state index is 0.175. The number of alkyl carbamates (subject to hydrolysis) is 1. The maximum Gasteiger partial charge on any atom is 0.408 e. The zero-order valence-corrected chi connectivity index (χ0v) is 10.2. The summed E-state index contributed by atoms with van der Waals surface area (Å²) in [4.78, 5) is 11.4. The lowest BCUT2D eigenvalue weighted by molar-refractivity contribution is 0.0196. The van der Waals surface area contributed by atoms with E-state index in [1.165, 1.54) is 0 Å². The van der Waals surface area contributed by atoms with Gasteiger partial charge in [0.2, 0.25) is 0 Å². The molecule has 2 rings (SSSR count). The summed E-state index contributed by atoms with van der Waals surface area (Å²) in [6.07, 6.45) is -0.263. The van der Waals surface area contributed by atoms with E-state index in [2.05, 4.69) is 5.32 Å². The number of amides is 1. The van der Waals surface area contributed by atoms with E-state index in [1.54, 1.807) is 20.8 Å². The van der Waals surface area contributed by atoms with Crippen molar-refractivity contribution in [1.29, 1.82) is 0 Å². The maximum absolute atomic E-state index is 13.5. The van der Waals surface area contributed by atoms with E-state index in [4.69, 9.17) is 10.5 Å². The van der Waals surface area contributed by atoms with Crippen molar-refractivity contribution >= 4 is 6.09 Å². The third-order valence-electron chi connectivity index (χ3n) is 3.41. The first-order chi connectivity index (χ1) is 7.58. The number of nitrogens with one attached hydrogen (secondary N) is 1. The molecule has 4 nitrogen and oxygen atoms in total. The molecule has 0 bridgehead atoms. The van der Waals surface area contributed by atoms with Gasteiger partial charge in [-0.2, -0.15) is 0 Å². The van der Waals surface area contributed by atoms with Crippen LogP contribution in [0.25, 0.3) is 0 Å². The molecule has 98 valence electrons. The van der Waals surface area contributed by atoms with Gasteiger partial charge in [0.25, 0.3) is 5.92 Å². The molecule has 1 atom stereocenters. The molecule has 0 aromatic rings. The maximum atomic E-state index is 13.5. The van der Waals surface area contributed by atoms with Gasteiger partial charge in [0.05, 0.1) is 5.41 Å². The molecule has 0 radical (unpaired) electrons. The fourth-order valence-corrected chi connectivity index (χ4v) is 2.55. The Kier molecular flexibility index (Phi) is 2.44. The number of rotatable bonds is 1. The standard InChI is InChI=1S/C11H18F2N2O2/c1-9(2,3)17-8(16)15-7-10(11(7,12)13)4-6(14)5-10/h6-7H,4-5,14H2,1-3H3,(H,15,16). The number of ether oxygens (including phenoxy) is 1. The lowest BCUT2D eigenvalue weighted by Gasteiger charge is -2.33.